The fraction of sp³-hybridized carbons (Fsp3) is 0.242. The summed E-state index contributed by atoms with van der Waals surface area (Å²) in [6, 6.07) is 28.6. The normalized spacial score (nSPS) is 14.6. The molecule has 8 nitrogen and oxygen atoms in total. The number of nitrogens with one attached hydrogen (secondary N) is 1. The van der Waals surface area contributed by atoms with E-state index in [0.717, 1.165) is 47.4 Å². The molecule has 1 aliphatic heterocycles. The maximum absolute atomic E-state index is 12.0. The second-order valence-electron chi connectivity index (χ2n) is 10.3. The molecule has 216 valence electrons. The van der Waals surface area contributed by atoms with Gasteiger partial charge in [-0.2, -0.15) is 0 Å². The molecule has 1 N–H and O–H groups in total. The smallest absolute Gasteiger partial charge is 0.229 e. The molecule has 1 saturated heterocycles. The van der Waals surface area contributed by atoms with Crippen molar-refractivity contribution >= 4 is 27.1 Å². The molecule has 0 spiro atoms. The van der Waals surface area contributed by atoms with E-state index in [1.54, 1.807) is 6.07 Å². The number of sulfonamides is 1. The Hall–Kier alpha value is -4.52. The number of hydrogen-bond donors (Lipinski definition) is 1. The molecule has 0 aliphatic carbocycles. The number of anilines is 2. The molecule has 0 bridgehead atoms. The summed E-state index contributed by atoms with van der Waals surface area (Å²) in [5.74, 6) is 2.15. The molecule has 1 unspecified atom stereocenters. The number of ether oxygens (including phenoxy) is 3. The second kappa shape index (κ2) is 13.0. The van der Waals surface area contributed by atoms with Gasteiger partial charge in [0, 0.05) is 31.3 Å². The molecule has 42 heavy (non-hydrogen) atoms. The number of benzene rings is 4. The van der Waals surface area contributed by atoms with E-state index in [-0.39, 0.29) is 6.10 Å². The topological polar surface area (TPSA) is 81.5 Å². The lowest BCUT2D eigenvalue weighted by Crippen LogP contribution is -2.23. The number of nitrogens with zero attached hydrogens (tertiary/aromatic N) is 2. The Kier molecular flexibility index (Phi) is 8.96. The zero-order valence-corrected chi connectivity index (χ0v) is 24.4. The first-order valence-electron chi connectivity index (χ1n) is 13.7. The van der Waals surface area contributed by atoms with E-state index < -0.39 is 10.0 Å². The molecule has 4 aromatic rings. The van der Waals surface area contributed by atoms with Crippen molar-refractivity contribution in [2.45, 2.75) is 32.5 Å². The molecular weight excluding hydrogens is 550 g/mol. The van der Waals surface area contributed by atoms with E-state index in [1.807, 2.05) is 91.9 Å². The molecule has 9 heteroatoms. The van der Waals surface area contributed by atoms with Gasteiger partial charge in [0.15, 0.2) is 5.69 Å². The van der Waals surface area contributed by atoms with Gasteiger partial charge < -0.3 is 19.1 Å². The van der Waals surface area contributed by atoms with Crippen LogP contribution < -0.4 is 19.1 Å². The summed E-state index contributed by atoms with van der Waals surface area (Å²) in [5.41, 5.74) is 4.95. The summed E-state index contributed by atoms with van der Waals surface area (Å²) in [4.78, 5) is 5.68. The molecule has 0 aromatic heterocycles. The minimum atomic E-state index is -3.43. The fourth-order valence-corrected chi connectivity index (χ4v) is 5.45. The maximum atomic E-state index is 12.0. The van der Waals surface area contributed by atoms with Crippen LogP contribution in [0.3, 0.4) is 0 Å². The third kappa shape index (κ3) is 7.81. The zero-order valence-electron chi connectivity index (χ0n) is 23.6. The van der Waals surface area contributed by atoms with Crippen molar-refractivity contribution in [3.8, 4) is 17.2 Å². The van der Waals surface area contributed by atoms with Gasteiger partial charge in [-0.1, -0.05) is 48.5 Å². The first-order chi connectivity index (χ1) is 20.3. The quantitative estimate of drug-likeness (QED) is 0.190. The van der Waals surface area contributed by atoms with Gasteiger partial charge in [0.25, 0.3) is 0 Å². The van der Waals surface area contributed by atoms with Gasteiger partial charge in [-0.3, -0.25) is 4.72 Å². The Morgan fingerprint density at radius 1 is 0.929 bits per heavy atom. The summed E-state index contributed by atoms with van der Waals surface area (Å²) in [7, 11) is -3.43. The minimum absolute atomic E-state index is 0.0690. The lowest BCUT2D eigenvalue weighted by molar-refractivity contribution is 0.141. The molecule has 0 radical (unpaired) electrons. The van der Waals surface area contributed by atoms with Gasteiger partial charge in [-0.25, -0.2) is 13.3 Å². The summed E-state index contributed by atoms with van der Waals surface area (Å²) in [6.45, 7) is 11.6. The van der Waals surface area contributed by atoms with E-state index in [4.69, 9.17) is 20.8 Å². The lowest BCUT2D eigenvalue weighted by atomic mass is 10.1. The van der Waals surface area contributed by atoms with Crippen LogP contribution in [0.2, 0.25) is 0 Å². The highest BCUT2D eigenvalue weighted by molar-refractivity contribution is 7.92. The van der Waals surface area contributed by atoms with Crippen LogP contribution in [0, 0.1) is 13.5 Å². The molecule has 0 amide bonds. The van der Waals surface area contributed by atoms with Gasteiger partial charge >= 0.3 is 0 Å². The Morgan fingerprint density at radius 3 is 2.24 bits per heavy atom. The predicted molar refractivity (Wildman–Crippen MR) is 165 cm³/mol. The van der Waals surface area contributed by atoms with Crippen LogP contribution in [0.4, 0.5) is 17.1 Å². The fourth-order valence-electron chi connectivity index (χ4n) is 4.83. The molecule has 1 atom stereocenters. The van der Waals surface area contributed by atoms with Gasteiger partial charge in [-0.05, 0) is 60.0 Å². The van der Waals surface area contributed by atoms with E-state index in [1.165, 1.54) is 0 Å². The van der Waals surface area contributed by atoms with Crippen molar-refractivity contribution < 1.29 is 22.6 Å². The predicted octanol–water partition coefficient (Wildman–Crippen LogP) is 7.08. The van der Waals surface area contributed by atoms with E-state index in [0.29, 0.717) is 42.6 Å². The van der Waals surface area contributed by atoms with Crippen LogP contribution >= 0.6 is 0 Å². The molecule has 1 heterocycles. The van der Waals surface area contributed by atoms with Gasteiger partial charge in [0.05, 0.1) is 31.7 Å². The maximum Gasteiger partial charge on any atom is 0.229 e. The Balaban J connectivity index is 1.34. The molecule has 1 fully saturated rings. The average molecular weight is 584 g/mol. The van der Waals surface area contributed by atoms with Crippen molar-refractivity contribution in [3.05, 3.63) is 119 Å². The summed E-state index contributed by atoms with van der Waals surface area (Å²) in [5, 5.41) is 0. The molecule has 5 rings (SSSR count). The molecular formula is C33H33N3O5S. The summed E-state index contributed by atoms with van der Waals surface area (Å²) in [6.07, 6.45) is 2.10. The van der Waals surface area contributed by atoms with Crippen LogP contribution in [0.1, 0.15) is 23.1 Å². The summed E-state index contributed by atoms with van der Waals surface area (Å²) < 4.78 is 44.1. The molecule has 4 aromatic carbocycles. The number of hydrogen-bond acceptors (Lipinski definition) is 6. The second-order valence-corrected chi connectivity index (χ2v) is 12.0. The third-order valence-electron chi connectivity index (χ3n) is 6.91. The number of rotatable bonds is 11. The van der Waals surface area contributed by atoms with Crippen molar-refractivity contribution in [2.75, 3.05) is 29.1 Å². The Morgan fingerprint density at radius 2 is 1.60 bits per heavy atom. The van der Waals surface area contributed by atoms with Crippen molar-refractivity contribution in [1.82, 2.24) is 0 Å². The van der Waals surface area contributed by atoms with Crippen molar-refractivity contribution in [2.24, 2.45) is 0 Å². The molecule has 1 aliphatic rings. The Bertz CT molecular complexity index is 1660. The summed E-state index contributed by atoms with van der Waals surface area (Å²) >= 11 is 0. The minimum Gasteiger partial charge on any atom is -0.488 e. The van der Waals surface area contributed by atoms with Crippen LogP contribution in [0.5, 0.6) is 17.2 Å². The van der Waals surface area contributed by atoms with Crippen LogP contribution in [-0.2, 0) is 27.8 Å². The average Bonchev–Trinajstić information content (AvgIpc) is 3.48. The van der Waals surface area contributed by atoms with Crippen molar-refractivity contribution in [1.29, 1.82) is 0 Å². The molecule has 0 saturated carbocycles. The van der Waals surface area contributed by atoms with Gasteiger partial charge in [0.2, 0.25) is 10.0 Å². The SMILES string of the molecule is [C-]#[N+]c1ccc(CN(Cc2ccc(Oc3cccc(OC4CCOC4)c3)cc2)c2cccc(NS(C)(=O)=O)c2C)cc1. The first kappa shape index (κ1) is 29.0. The first-order valence-corrected chi connectivity index (χ1v) is 15.5. The highest BCUT2D eigenvalue weighted by Gasteiger charge is 2.18. The van der Waals surface area contributed by atoms with Crippen molar-refractivity contribution in [3.63, 3.8) is 0 Å². The third-order valence-corrected chi connectivity index (χ3v) is 7.50. The monoisotopic (exact) mass is 583 g/mol. The van der Waals surface area contributed by atoms with Gasteiger partial charge in [-0.15, -0.1) is 0 Å². The standard InChI is InChI=1S/C33H33N3O5S/c1-24-32(35-42(3,37)38)8-5-9-33(24)36(21-25-10-14-27(34-2)15-11-25)22-26-12-16-28(17-13-26)40-29-6-4-7-30(20-29)41-31-18-19-39-23-31/h4-17,20,31,35H,18-19,21-23H2,1,3H3. The van der Waals surface area contributed by atoms with E-state index in [9.17, 15) is 8.42 Å². The van der Waals surface area contributed by atoms with Crippen LogP contribution in [0.25, 0.3) is 4.85 Å². The lowest BCUT2D eigenvalue weighted by Gasteiger charge is -2.28. The Labute approximate surface area is 247 Å². The van der Waals surface area contributed by atoms with Crippen LogP contribution in [-0.4, -0.2) is 34.0 Å². The highest BCUT2D eigenvalue weighted by Crippen LogP contribution is 2.31. The largest absolute Gasteiger partial charge is 0.488 e. The van der Waals surface area contributed by atoms with E-state index in [2.05, 4.69) is 14.5 Å². The van der Waals surface area contributed by atoms with E-state index >= 15 is 0 Å². The highest BCUT2D eigenvalue weighted by atomic mass is 32.2. The zero-order chi connectivity index (χ0) is 29.5. The van der Waals surface area contributed by atoms with Crippen LogP contribution in [0.15, 0.2) is 91.0 Å². The van der Waals surface area contributed by atoms with Gasteiger partial charge in [0.1, 0.15) is 23.4 Å².